The van der Waals surface area contributed by atoms with E-state index in [1.807, 2.05) is 68.4 Å². The lowest BCUT2D eigenvalue weighted by molar-refractivity contribution is 0.0123. The van der Waals surface area contributed by atoms with Crippen LogP contribution in [0.2, 0.25) is 0 Å². The molecule has 2 aliphatic rings. The van der Waals surface area contributed by atoms with Crippen LogP contribution in [-0.4, -0.2) is 54.4 Å². The average Bonchev–Trinajstić information content (AvgIpc) is 2.91. The number of carbonyl (C=O) groups excluding carboxylic acids is 2. The van der Waals surface area contributed by atoms with Gasteiger partial charge < -0.3 is 23.8 Å². The maximum absolute atomic E-state index is 14.0. The molecule has 0 bridgehead atoms. The summed E-state index contributed by atoms with van der Waals surface area (Å²) in [6.45, 7) is 3.66. The molecule has 38 heavy (non-hydrogen) atoms. The molecule has 5 rings (SSSR count). The van der Waals surface area contributed by atoms with Gasteiger partial charge in [0.2, 0.25) is 18.0 Å². The van der Waals surface area contributed by atoms with E-state index >= 15 is 0 Å². The highest BCUT2D eigenvalue weighted by molar-refractivity contribution is 5.97. The van der Waals surface area contributed by atoms with E-state index < -0.39 is 24.5 Å². The van der Waals surface area contributed by atoms with E-state index in [9.17, 15) is 14.4 Å². The van der Waals surface area contributed by atoms with Crippen LogP contribution in [0.1, 0.15) is 47.9 Å². The number of pyridine rings is 1. The van der Waals surface area contributed by atoms with Crippen molar-refractivity contribution in [1.29, 1.82) is 0 Å². The summed E-state index contributed by atoms with van der Waals surface area (Å²) in [7, 11) is 1.17. The fraction of sp³-hybridized carbons (Fsp3) is 0.321. The number of para-hydroxylation sites is 1. The summed E-state index contributed by atoms with van der Waals surface area (Å²) in [4.78, 5) is 40.2. The number of nitrogens with zero attached hydrogens (tertiary/aromatic N) is 3. The molecular formula is C28H29N3O7. The Morgan fingerprint density at radius 1 is 1.05 bits per heavy atom. The van der Waals surface area contributed by atoms with Crippen LogP contribution in [0.5, 0.6) is 11.5 Å². The Bertz CT molecular complexity index is 1390. The van der Waals surface area contributed by atoms with Crippen molar-refractivity contribution in [2.24, 2.45) is 0 Å². The first-order valence-electron chi connectivity index (χ1n) is 12.4. The molecule has 0 saturated carbocycles. The Kier molecular flexibility index (Phi) is 6.95. The van der Waals surface area contributed by atoms with E-state index in [1.165, 1.54) is 13.2 Å². The van der Waals surface area contributed by atoms with E-state index in [0.29, 0.717) is 13.0 Å². The third-order valence-corrected chi connectivity index (χ3v) is 6.68. The van der Waals surface area contributed by atoms with E-state index in [1.54, 1.807) is 15.8 Å². The highest BCUT2D eigenvalue weighted by Gasteiger charge is 2.45. The predicted octanol–water partition coefficient (Wildman–Crippen LogP) is 3.67. The third-order valence-electron chi connectivity index (χ3n) is 6.68. The minimum Gasteiger partial charge on any atom is -0.493 e. The van der Waals surface area contributed by atoms with Gasteiger partial charge in [-0.2, -0.15) is 0 Å². The quantitative estimate of drug-likeness (QED) is 0.372. The molecule has 10 nitrogen and oxygen atoms in total. The molecule has 3 heterocycles. The van der Waals surface area contributed by atoms with Crippen LogP contribution in [0.15, 0.2) is 71.7 Å². The molecule has 1 unspecified atom stereocenters. The van der Waals surface area contributed by atoms with Crippen molar-refractivity contribution in [3.05, 3.63) is 93.9 Å². The molecule has 0 saturated heterocycles. The monoisotopic (exact) mass is 519 g/mol. The molecule has 2 aliphatic heterocycles. The van der Waals surface area contributed by atoms with Crippen LogP contribution < -0.4 is 19.9 Å². The Morgan fingerprint density at radius 3 is 2.53 bits per heavy atom. The molecule has 2 aromatic carbocycles. The van der Waals surface area contributed by atoms with Gasteiger partial charge in [0, 0.05) is 30.3 Å². The van der Waals surface area contributed by atoms with Gasteiger partial charge in [0.25, 0.3) is 5.91 Å². The topological polar surface area (TPSA) is 99.5 Å². The average molecular weight is 520 g/mol. The van der Waals surface area contributed by atoms with Crippen molar-refractivity contribution in [2.45, 2.75) is 38.5 Å². The molecule has 10 heteroatoms. The first-order valence-corrected chi connectivity index (χ1v) is 12.4. The van der Waals surface area contributed by atoms with Crippen LogP contribution in [0.4, 0.5) is 4.79 Å². The lowest BCUT2D eigenvalue weighted by Crippen LogP contribution is -2.64. The van der Waals surface area contributed by atoms with Gasteiger partial charge in [0.1, 0.15) is 18.0 Å². The van der Waals surface area contributed by atoms with E-state index in [0.717, 1.165) is 16.9 Å². The van der Waals surface area contributed by atoms with E-state index in [2.05, 4.69) is 9.75 Å². The SMILES string of the molecule is COC(=O)OCOc1c2n(ccc1=O)N1C(CCOc3ccccc3[C@@H]1c1ccccc1)N(C(C)C)C2=O. The smallest absolute Gasteiger partial charge is 0.493 e. The molecular weight excluding hydrogens is 490 g/mol. The van der Waals surface area contributed by atoms with Gasteiger partial charge in [-0.05, 0) is 25.5 Å². The van der Waals surface area contributed by atoms with Crippen molar-refractivity contribution in [1.82, 2.24) is 9.58 Å². The maximum Gasteiger partial charge on any atom is 0.510 e. The van der Waals surface area contributed by atoms with Gasteiger partial charge in [0.15, 0.2) is 5.69 Å². The molecule has 1 aromatic heterocycles. The molecule has 2 atom stereocenters. The van der Waals surface area contributed by atoms with Crippen LogP contribution in [-0.2, 0) is 9.47 Å². The number of methoxy groups -OCH3 is 1. The molecule has 1 amide bonds. The molecule has 0 fully saturated rings. The van der Waals surface area contributed by atoms with Crippen molar-refractivity contribution in [2.75, 3.05) is 25.5 Å². The number of fused-ring (bicyclic) bond motifs is 4. The third kappa shape index (κ3) is 4.42. The van der Waals surface area contributed by atoms with Gasteiger partial charge in [0.05, 0.1) is 13.7 Å². The van der Waals surface area contributed by atoms with Crippen LogP contribution >= 0.6 is 0 Å². The van der Waals surface area contributed by atoms with Crippen molar-refractivity contribution < 1.29 is 28.5 Å². The zero-order valence-electron chi connectivity index (χ0n) is 21.4. The standard InChI is InChI=1S/C28H29N3O7/c1-18(2)30-23-14-16-36-22-12-8-7-11-20(22)24(19-9-5-4-6-10-19)31(23)29-15-13-21(32)26(25(29)27(30)33)37-17-38-28(34)35-3/h4-13,15,18,23-24H,14,16-17H2,1-3H3/t23?,24-/m0/s1. The minimum atomic E-state index is -0.963. The number of carbonyl (C=O) groups is 2. The number of aromatic nitrogens is 1. The summed E-state index contributed by atoms with van der Waals surface area (Å²) in [5.74, 6) is 0.176. The number of ether oxygens (including phenoxy) is 4. The highest BCUT2D eigenvalue weighted by Crippen LogP contribution is 2.41. The number of amides is 1. The first kappa shape index (κ1) is 25.2. The summed E-state index contributed by atoms with van der Waals surface area (Å²) < 4.78 is 22.8. The van der Waals surface area contributed by atoms with Crippen molar-refractivity contribution in [3.63, 3.8) is 0 Å². The Morgan fingerprint density at radius 2 is 1.79 bits per heavy atom. The fourth-order valence-corrected chi connectivity index (χ4v) is 5.13. The second-order valence-corrected chi connectivity index (χ2v) is 9.22. The van der Waals surface area contributed by atoms with Gasteiger partial charge in [-0.15, -0.1) is 0 Å². The summed E-state index contributed by atoms with van der Waals surface area (Å²) in [5, 5.41) is 2.10. The molecule has 0 aliphatic carbocycles. The molecule has 0 radical (unpaired) electrons. The van der Waals surface area contributed by atoms with Crippen LogP contribution in [0.25, 0.3) is 0 Å². The second-order valence-electron chi connectivity index (χ2n) is 9.22. The van der Waals surface area contributed by atoms with Crippen molar-refractivity contribution in [3.8, 4) is 11.5 Å². The second kappa shape index (κ2) is 10.5. The first-order chi connectivity index (χ1) is 18.4. The Labute approximate surface area is 219 Å². The normalized spacial score (nSPS) is 18.4. The lowest BCUT2D eigenvalue weighted by atomic mass is 9.95. The lowest BCUT2D eigenvalue weighted by Gasteiger charge is -2.52. The molecule has 0 N–H and O–H groups in total. The zero-order valence-corrected chi connectivity index (χ0v) is 21.4. The van der Waals surface area contributed by atoms with Gasteiger partial charge >= 0.3 is 6.16 Å². The Balaban J connectivity index is 1.74. The number of hydrogen-bond donors (Lipinski definition) is 0. The number of benzene rings is 2. The number of rotatable bonds is 5. The van der Waals surface area contributed by atoms with Gasteiger partial charge in [-0.3, -0.25) is 19.3 Å². The molecule has 3 aromatic rings. The summed E-state index contributed by atoms with van der Waals surface area (Å²) in [6.07, 6.45) is 0.759. The largest absolute Gasteiger partial charge is 0.510 e. The highest BCUT2D eigenvalue weighted by atomic mass is 16.8. The predicted molar refractivity (Wildman–Crippen MR) is 138 cm³/mol. The Hall–Kier alpha value is -4.47. The minimum absolute atomic E-state index is 0.0517. The summed E-state index contributed by atoms with van der Waals surface area (Å²) in [6, 6.07) is 18.5. The van der Waals surface area contributed by atoms with E-state index in [-0.39, 0.29) is 29.4 Å². The van der Waals surface area contributed by atoms with Gasteiger partial charge in [-0.1, -0.05) is 48.5 Å². The van der Waals surface area contributed by atoms with Crippen molar-refractivity contribution >= 4 is 12.1 Å². The van der Waals surface area contributed by atoms with Gasteiger partial charge in [-0.25, -0.2) is 4.79 Å². The van der Waals surface area contributed by atoms with E-state index in [4.69, 9.17) is 14.2 Å². The molecule has 198 valence electrons. The maximum atomic E-state index is 14.0. The zero-order chi connectivity index (χ0) is 26.8. The molecule has 0 spiro atoms. The summed E-state index contributed by atoms with van der Waals surface area (Å²) in [5.41, 5.74) is 1.44. The summed E-state index contributed by atoms with van der Waals surface area (Å²) >= 11 is 0. The number of hydrogen-bond acceptors (Lipinski definition) is 8. The van der Waals surface area contributed by atoms with Crippen LogP contribution in [0, 0.1) is 0 Å². The fourth-order valence-electron chi connectivity index (χ4n) is 5.13. The van der Waals surface area contributed by atoms with Crippen LogP contribution in [0.3, 0.4) is 0 Å².